The summed E-state index contributed by atoms with van der Waals surface area (Å²) >= 11 is 0. The van der Waals surface area contributed by atoms with Crippen molar-refractivity contribution >= 4 is 28.9 Å². The maximum atomic E-state index is 12.1. The average molecular weight is 492 g/mol. The first-order chi connectivity index (χ1) is 17.2. The standard InChI is InChI=1S/C26H33N7O3/c1-8-24(34)29-20-15-19(17(2)13-21(20)33(5)12-11-32(3)4)30-26-28-16-27-25(31-26)18-9-10-22(35-6)23(14-18)36-7/h8-10,13-16H,1,11-12H2,2-7H3,(H,29,34)(H,27,28,30,31). The van der Waals surface area contributed by atoms with Crippen molar-refractivity contribution in [3.8, 4) is 22.9 Å². The molecule has 10 heteroatoms. The Morgan fingerprint density at radius 2 is 1.78 bits per heavy atom. The number of amides is 1. The number of carbonyl (C=O) groups excluding carboxylic acids is 1. The number of likely N-dealkylation sites (N-methyl/N-ethyl adjacent to an activating group) is 2. The van der Waals surface area contributed by atoms with E-state index in [0.717, 1.165) is 35.6 Å². The molecule has 10 nitrogen and oxygen atoms in total. The molecule has 0 saturated heterocycles. The highest BCUT2D eigenvalue weighted by Crippen LogP contribution is 2.34. The zero-order valence-electron chi connectivity index (χ0n) is 21.6. The minimum absolute atomic E-state index is 0.289. The number of aromatic nitrogens is 3. The molecule has 3 rings (SSSR count). The second-order valence-electron chi connectivity index (χ2n) is 8.43. The summed E-state index contributed by atoms with van der Waals surface area (Å²) in [5, 5.41) is 6.17. The molecule has 2 aromatic carbocycles. The lowest BCUT2D eigenvalue weighted by molar-refractivity contribution is -0.111. The van der Waals surface area contributed by atoms with Crippen LogP contribution in [0.4, 0.5) is 23.0 Å². The zero-order valence-corrected chi connectivity index (χ0v) is 21.6. The van der Waals surface area contributed by atoms with Crippen LogP contribution in [0.1, 0.15) is 5.56 Å². The smallest absolute Gasteiger partial charge is 0.247 e. The van der Waals surface area contributed by atoms with Crippen molar-refractivity contribution in [2.24, 2.45) is 0 Å². The fourth-order valence-corrected chi connectivity index (χ4v) is 3.49. The van der Waals surface area contributed by atoms with E-state index >= 15 is 0 Å². The fraction of sp³-hybridized carbons (Fsp3) is 0.308. The highest BCUT2D eigenvalue weighted by molar-refractivity contribution is 6.02. The summed E-state index contributed by atoms with van der Waals surface area (Å²) < 4.78 is 10.7. The minimum Gasteiger partial charge on any atom is -0.493 e. The predicted molar refractivity (Wildman–Crippen MR) is 143 cm³/mol. The van der Waals surface area contributed by atoms with Gasteiger partial charge in [-0.15, -0.1) is 0 Å². The summed E-state index contributed by atoms with van der Waals surface area (Å²) in [6, 6.07) is 9.36. The first kappa shape index (κ1) is 26.4. The average Bonchev–Trinajstić information content (AvgIpc) is 2.88. The van der Waals surface area contributed by atoms with Crippen LogP contribution in [0.2, 0.25) is 0 Å². The number of ether oxygens (including phenoxy) is 2. The number of rotatable bonds is 11. The van der Waals surface area contributed by atoms with Crippen LogP contribution in [-0.4, -0.2) is 74.2 Å². The van der Waals surface area contributed by atoms with Crippen LogP contribution in [0.25, 0.3) is 11.4 Å². The monoisotopic (exact) mass is 491 g/mol. The van der Waals surface area contributed by atoms with E-state index in [2.05, 4.69) is 42.0 Å². The lowest BCUT2D eigenvalue weighted by atomic mass is 10.1. The van der Waals surface area contributed by atoms with Crippen molar-refractivity contribution in [2.75, 3.05) is 64.0 Å². The van der Waals surface area contributed by atoms with Gasteiger partial charge in [-0.1, -0.05) is 6.58 Å². The maximum absolute atomic E-state index is 12.1. The van der Waals surface area contributed by atoms with Gasteiger partial charge in [0, 0.05) is 31.4 Å². The third-order valence-electron chi connectivity index (χ3n) is 5.54. The molecule has 0 bridgehead atoms. The summed E-state index contributed by atoms with van der Waals surface area (Å²) in [6.07, 6.45) is 2.69. The second-order valence-corrected chi connectivity index (χ2v) is 8.43. The van der Waals surface area contributed by atoms with Crippen LogP contribution in [0.5, 0.6) is 11.5 Å². The Bertz CT molecular complexity index is 1230. The normalized spacial score (nSPS) is 10.6. The maximum Gasteiger partial charge on any atom is 0.247 e. The van der Waals surface area contributed by atoms with Crippen molar-refractivity contribution in [1.29, 1.82) is 0 Å². The van der Waals surface area contributed by atoms with E-state index in [1.165, 1.54) is 12.4 Å². The van der Waals surface area contributed by atoms with E-state index in [9.17, 15) is 4.79 Å². The number of anilines is 4. The molecule has 0 spiro atoms. The van der Waals surface area contributed by atoms with Gasteiger partial charge in [-0.3, -0.25) is 4.79 Å². The van der Waals surface area contributed by atoms with Gasteiger partial charge in [0.2, 0.25) is 11.9 Å². The molecular formula is C26H33N7O3. The summed E-state index contributed by atoms with van der Waals surface area (Å²) in [6.45, 7) is 7.22. The molecule has 0 radical (unpaired) electrons. The third-order valence-corrected chi connectivity index (χ3v) is 5.54. The molecule has 2 N–H and O–H groups in total. The number of methoxy groups -OCH3 is 2. The number of carbonyl (C=O) groups is 1. The van der Waals surface area contributed by atoms with Crippen LogP contribution in [0, 0.1) is 6.92 Å². The quantitative estimate of drug-likeness (QED) is 0.388. The van der Waals surface area contributed by atoms with Gasteiger partial charge in [-0.05, 0) is 63.0 Å². The van der Waals surface area contributed by atoms with Gasteiger partial charge in [0.15, 0.2) is 17.3 Å². The lowest BCUT2D eigenvalue weighted by Gasteiger charge is -2.25. The summed E-state index contributed by atoms with van der Waals surface area (Å²) in [5.74, 6) is 1.76. The fourth-order valence-electron chi connectivity index (χ4n) is 3.49. The predicted octanol–water partition coefficient (Wildman–Crippen LogP) is 3.73. The van der Waals surface area contributed by atoms with Gasteiger partial charge < -0.3 is 29.9 Å². The molecule has 0 aliphatic carbocycles. The molecule has 0 fully saturated rings. The van der Waals surface area contributed by atoms with Crippen LogP contribution in [0.3, 0.4) is 0 Å². The van der Waals surface area contributed by atoms with Gasteiger partial charge in [0.05, 0.1) is 25.6 Å². The molecule has 0 atom stereocenters. The van der Waals surface area contributed by atoms with Crippen molar-refractivity contribution in [2.45, 2.75) is 6.92 Å². The van der Waals surface area contributed by atoms with Crippen molar-refractivity contribution in [1.82, 2.24) is 19.9 Å². The van der Waals surface area contributed by atoms with Crippen LogP contribution < -0.4 is 25.0 Å². The molecule has 1 heterocycles. The van der Waals surface area contributed by atoms with Crippen LogP contribution in [-0.2, 0) is 4.79 Å². The number of hydrogen-bond acceptors (Lipinski definition) is 9. The van der Waals surface area contributed by atoms with E-state index < -0.39 is 0 Å². The Balaban J connectivity index is 1.93. The summed E-state index contributed by atoms with van der Waals surface area (Å²) in [4.78, 5) is 29.5. The zero-order chi connectivity index (χ0) is 26.2. The largest absolute Gasteiger partial charge is 0.493 e. The van der Waals surface area contributed by atoms with Gasteiger partial charge in [-0.2, -0.15) is 4.98 Å². The molecular weight excluding hydrogens is 458 g/mol. The van der Waals surface area contributed by atoms with E-state index in [0.29, 0.717) is 29.0 Å². The van der Waals surface area contributed by atoms with Crippen molar-refractivity contribution in [3.05, 3.63) is 54.9 Å². The topological polar surface area (TPSA) is 105 Å². The highest BCUT2D eigenvalue weighted by atomic mass is 16.5. The van der Waals surface area contributed by atoms with Crippen LogP contribution in [0.15, 0.2) is 49.3 Å². The van der Waals surface area contributed by atoms with Crippen LogP contribution >= 0.6 is 0 Å². The molecule has 0 unspecified atom stereocenters. The van der Waals surface area contributed by atoms with E-state index in [-0.39, 0.29) is 5.91 Å². The highest BCUT2D eigenvalue weighted by Gasteiger charge is 2.15. The van der Waals surface area contributed by atoms with Gasteiger partial charge in [0.25, 0.3) is 0 Å². The molecule has 36 heavy (non-hydrogen) atoms. The molecule has 3 aromatic rings. The number of nitrogens with zero attached hydrogens (tertiary/aromatic N) is 5. The Morgan fingerprint density at radius 3 is 2.44 bits per heavy atom. The lowest BCUT2D eigenvalue weighted by Crippen LogP contribution is -2.29. The number of nitrogens with one attached hydrogen (secondary N) is 2. The first-order valence-corrected chi connectivity index (χ1v) is 11.4. The number of benzene rings is 2. The first-order valence-electron chi connectivity index (χ1n) is 11.4. The molecule has 1 aromatic heterocycles. The Kier molecular flexibility index (Phi) is 8.80. The Morgan fingerprint density at radius 1 is 1.03 bits per heavy atom. The number of aryl methyl sites for hydroxylation is 1. The van der Waals surface area contributed by atoms with E-state index in [4.69, 9.17) is 9.47 Å². The molecule has 0 saturated carbocycles. The molecule has 0 aliphatic rings. The summed E-state index contributed by atoms with van der Waals surface area (Å²) in [7, 11) is 9.21. The molecule has 1 amide bonds. The Hall–Kier alpha value is -4.18. The SMILES string of the molecule is C=CC(=O)Nc1cc(Nc2ncnc(-c3ccc(OC)c(OC)c3)n2)c(C)cc1N(C)CCN(C)C. The van der Waals surface area contributed by atoms with E-state index in [1.54, 1.807) is 20.3 Å². The third kappa shape index (κ3) is 6.48. The molecule has 190 valence electrons. The second kappa shape index (κ2) is 12.0. The van der Waals surface area contributed by atoms with Crippen molar-refractivity contribution in [3.63, 3.8) is 0 Å². The van der Waals surface area contributed by atoms with E-state index in [1.807, 2.05) is 52.3 Å². The number of hydrogen-bond donors (Lipinski definition) is 2. The van der Waals surface area contributed by atoms with Crippen molar-refractivity contribution < 1.29 is 14.3 Å². The molecule has 0 aliphatic heterocycles. The minimum atomic E-state index is -0.289. The Labute approximate surface area is 212 Å². The summed E-state index contributed by atoms with van der Waals surface area (Å²) in [5.41, 5.74) is 4.03. The van der Waals surface area contributed by atoms with Gasteiger partial charge in [-0.25, -0.2) is 9.97 Å². The van der Waals surface area contributed by atoms with Gasteiger partial charge >= 0.3 is 0 Å². The van der Waals surface area contributed by atoms with Gasteiger partial charge in [0.1, 0.15) is 6.33 Å².